The molecule has 2 atom stereocenters. The first kappa shape index (κ1) is 11.4. The molecule has 1 aliphatic carbocycles. The molecule has 1 heterocycles. The normalized spacial score (nSPS) is 26.8. The molecule has 1 aromatic heterocycles. The summed E-state index contributed by atoms with van der Waals surface area (Å²) < 4.78 is 6.65. The molecule has 84 valence electrons. The van der Waals surface area contributed by atoms with E-state index in [-0.39, 0.29) is 0 Å². The number of rotatable bonds is 3. The molecule has 2 N–H and O–H groups in total. The average molecular weight is 246 g/mol. The average Bonchev–Trinajstić information content (AvgIpc) is 2.62. The Morgan fingerprint density at radius 3 is 3.00 bits per heavy atom. The summed E-state index contributed by atoms with van der Waals surface area (Å²) in [5.74, 6) is 0. The first-order valence-electron chi connectivity index (χ1n) is 5.35. The highest BCUT2D eigenvalue weighted by molar-refractivity contribution is 7.16. The van der Waals surface area contributed by atoms with E-state index in [2.05, 4.69) is 0 Å². The zero-order valence-electron chi connectivity index (χ0n) is 8.62. The van der Waals surface area contributed by atoms with E-state index in [0.717, 1.165) is 23.6 Å². The number of hydrogen-bond donors (Lipinski definition) is 1. The Labute approximate surface area is 99.4 Å². The SMILES string of the molecule is NC1CCCC(OCc2ccc(Cl)s2)C1. The van der Waals surface area contributed by atoms with Crippen molar-refractivity contribution in [1.29, 1.82) is 0 Å². The van der Waals surface area contributed by atoms with E-state index in [9.17, 15) is 0 Å². The van der Waals surface area contributed by atoms with Crippen molar-refractivity contribution in [3.8, 4) is 0 Å². The molecule has 1 fully saturated rings. The third kappa shape index (κ3) is 3.45. The third-order valence-corrected chi connectivity index (χ3v) is 3.96. The van der Waals surface area contributed by atoms with Crippen LogP contribution in [-0.4, -0.2) is 12.1 Å². The van der Waals surface area contributed by atoms with Gasteiger partial charge in [0, 0.05) is 10.9 Å². The molecule has 0 spiro atoms. The molecule has 0 amide bonds. The highest BCUT2D eigenvalue weighted by atomic mass is 35.5. The van der Waals surface area contributed by atoms with Crippen LogP contribution in [0.4, 0.5) is 0 Å². The van der Waals surface area contributed by atoms with Gasteiger partial charge >= 0.3 is 0 Å². The molecule has 0 saturated heterocycles. The first-order chi connectivity index (χ1) is 7.24. The molecular formula is C11H16ClNOS. The molecule has 2 rings (SSSR count). The summed E-state index contributed by atoms with van der Waals surface area (Å²) in [5, 5.41) is 0. The van der Waals surface area contributed by atoms with Crippen LogP contribution >= 0.6 is 22.9 Å². The molecule has 0 bridgehead atoms. The van der Waals surface area contributed by atoms with Crippen LogP contribution in [0.25, 0.3) is 0 Å². The lowest BCUT2D eigenvalue weighted by molar-refractivity contribution is 0.0136. The molecule has 0 aromatic carbocycles. The minimum Gasteiger partial charge on any atom is -0.373 e. The Hall–Kier alpha value is -0.0900. The lowest BCUT2D eigenvalue weighted by Crippen LogP contribution is -2.32. The molecule has 1 aliphatic rings. The van der Waals surface area contributed by atoms with Crippen molar-refractivity contribution in [2.24, 2.45) is 5.73 Å². The number of halogens is 1. The van der Waals surface area contributed by atoms with Gasteiger partial charge < -0.3 is 10.5 Å². The fourth-order valence-corrected chi connectivity index (χ4v) is 2.97. The quantitative estimate of drug-likeness (QED) is 0.888. The molecule has 0 radical (unpaired) electrons. The van der Waals surface area contributed by atoms with Gasteiger partial charge in [0.25, 0.3) is 0 Å². The summed E-state index contributed by atoms with van der Waals surface area (Å²) in [6, 6.07) is 4.27. The minimum atomic E-state index is 0.329. The molecule has 15 heavy (non-hydrogen) atoms. The summed E-state index contributed by atoms with van der Waals surface area (Å²) >= 11 is 7.43. The van der Waals surface area contributed by atoms with Gasteiger partial charge in [-0.25, -0.2) is 0 Å². The highest BCUT2D eigenvalue weighted by Gasteiger charge is 2.19. The van der Waals surface area contributed by atoms with E-state index in [1.807, 2.05) is 12.1 Å². The predicted octanol–water partition coefficient (Wildman–Crippen LogP) is 3.19. The van der Waals surface area contributed by atoms with E-state index in [1.54, 1.807) is 11.3 Å². The van der Waals surface area contributed by atoms with E-state index < -0.39 is 0 Å². The van der Waals surface area contributed by atoms with Crippen molar-refractivity contribution in [3.63, 3.8) is 0 Å². The fourth-order valence-electron chi connectivity index (χ4n) is 1.96. The first-order valence-corrected chi connectivity index (χ1v) is 6.55. The van der Waals surface area contributed by atoms with E-state index in [1.165, 1.54) is 11.3 Å². The number of ether oxygens (including phenoxy) is 1. The monoisotopic (exact) mass is 245 g/mol. The van der Waals surface area contributed by atoms with Crippen LogP contribution < -0.4 is 5.73 Å². The highest BCUT2D eigenvalue weighted by Crippen LogP contribution is 2.25. The van der Waals surface area contributed by atoms with Crippen LogP contribution in [0.3, 0.4) is 0 Å². The van der Waals surface area contributed by atoms with Gasteiger partial charge in [0.05, 0.1) is 17.0 Å². The van der Waals surface area contributed by atoms with Crippen LogP contribution in [0, 0.1) is 0 Å². The molecule has 4 heteroatoms. The van der Waals surface area contributed by atoms with Gasteiger partial charge in [-0.05, 0) is 37.8 Å². The summed E-state index contributed by atoms with van der Waals surface area (Å²) in [5.41, 5.74) is 5.90. The maximum absolute atomic E-state index is 5.90. The second-order valence-electron chi connectivity index (χ2n) is 4.07. The lowest BCUT2D eigenvalue weighted by Gasteiger charge is -2.26. The van der Waals surface area contributed by atoms with E-state index in [0.29, 0.717) is 18.8 Å². The van der Waals surface area contributed by atoms with Crippen molar-refractivity contribution in [2.75, 3.05) is 0 Å². The van der Waals surface area contributed by atoms with Gasteiger partial charge in [-0.3, -0.25) is 0 Å². The largest absolute Gasteiger partial charge is 0.373 e. The maximum atomic E-state index is 5.90. The minimum absolute atomic E-state index is 0.329. The molecule has 2 nitrogen and oxygen atoms in total. The smallest absolute Gasteiger partial charge is 0.0932 e. The zero-order valence-corrected chi connectivity index (χ0v) is 10.2. The summed E-state index contributed by atoms with van der Waals surface area (Å²) in [4.78, 5) is 1.19. The van der Waals surface area contributed by atoms with Gasteiger partial charge in [0.1, 0.15) is 0 Å². The second-order valence-corrected chi connectivity index (χ2v) is 5.87. The van der Waals surface area contributed by atoms with Gasteiger partial charge in [-0.2, -0.15) is 0 Å². The van der Waals surface area contributed by atoms with Crippen molar-refractivity contribution >= 4 is 22.9 Å². The standard InChI is InChI=1S/C11H16ClNOS/c12-11-5-4-10(15-11)7-14-9-3-1-2-8(13)6-9/h4-5,8-9H,1-3,6-7,13H2. The molecule has 1 aromatic rings. The topological polar surface area (TPSA) is 35.2 Å². The molecule has 0 aliphatic heterocycles. The summed E-state index contributed by atoms with van der Waals surface area (Å²) in [7, 11) is 0. The Morgan fingerprint density at radius 2 is 2.33 bits per heavy atom. The number of nitrogens with two attached hydrogens (primary N) is 1. The second kappa shape index (κ2) is 5.30. The van der Waals surface area contributed by atoms with Gasteiger partial charge in [0.15, 0.2) is 0 Å². The van der Waals surface area contributed by atoms with Crippen molar-refractivity contribution in [1.82, 2.24) is 0 Å². The van der Waals surface area contributed by atoms with Gasteiger partial charge in [-0.15, -0.1) is 11.3 Å². The van der Waals surface area contributed by atoms with Crippen LogP contribution in [0.5, 0.6) is 0 Å². The number of thiophene rings is 1. The third-order valence-electron chi connectivity index (χ3n) is 2.76. The Morgan fingerprint density at radius 1 is 1.47 bits per heavy atom. The molecule has 2 unspecified atom stereocenters. The van der Waals surface area contributed by atoms with Crippen LogP contribution in [0.2, 0.25) is 4.34 Å². The summed E-state index contributed by atoms with van der Waals surface area (Å²) in [6.45, 7) is 0.675. The Balaban J connectivity index is 1.77. The zero-order chi connectivity index (χ0) is 10.7. The predicted molar refractivity (Wildman–Crippen MR) is 64.3 cm³/mol. The van der Waals surface area contributed by atoms with Crippen molar-refractivity contribution in [3.05, 3.63) is 21.3 Å². The lowest BCUT2D eigenvalue weighted by atomic mass is 9.94. The molecular weight excluding hydrogens is 230 g/mol. The Bertz CT molecular complexity index is 315. The Kier molecular flexibility index (Phi) is 4.03. The van der Waals surface area contributed by atoms with E-state index in [4.69, 9.17) is 22.1 Å². The van der Waals surface area contributed by atoms with Crippen LogP contribution in [0.15, 0.2) is 12.1 Å². The summed E-state index contributed by atoms with van der Waals surface area (Å²) in [6.07, 6.45) is 4.82. The van der Waals surface area contributed by atoms with Gasteiger partial charge in [-0.1, -0.05) is 11.6 Å². The fraction of sp³-hybridized carbons (Fsp3) is 0.636. The van der Waals surface area contributed by atoms with Crippen molar-refractivity contribution < 1.29 is 4.74 Å². The maximum Gasteiger partial charge on any atom is 0.0932 e. The van der Waals surface area contributed by atoms with Gasteiger partial charge in [0.2, 0.25) is 0 Å². The van der Waals surface area contributed by atoms with Crippen LogP contribution in [0.1, 0.15) is 30.6 Å². The van der Waals surface area contributed by atoms with Crippen molar-refractivity contribution in [2.45, 2.75) is 44.4 Å². The number of hydrogen-bond acceptors (Lipinski definition) is 3. The molecule has 1 saturated carbocycles. The van der Waals surface area contributed by atoms with Crippen LogP contribution in [-0.2, 0) is 11.3 Å². The van der Waals surface area contributed by atoms with E-state index >= 15 is 0 Å².